The number of likely N-dealkylation sites (tertiary alicyclic amines) is 1. The predicted octanol–water partition coefficient (Wildman–Crippen LogP) is 2.80. The summed E-state index contributed by atoms with van der Waals surface area (Å²) in [6.45, 7) is 2.15. The SMILES string of the molecule is O[C@@H]1CCCN(Cc2nc(-c3cccnc3OC3CCCCC3)no2)C1. The van der Waals surface area contributed by atoms with Crippen LogP contribution in [0.1, 0.15) is 50.8 Å². The summed E-state index contributed by atoms with van der Waals surface area (Å²) in [6.07, 6.45) is 9.40. The van der Waals surface area contributed by atoms with Crippen LogP contribution < -0.4 is 4.74 Å². The maximum absolute atomic E-state index is 9.80. The lowest BCUT2D eigenvalue weighted by Crippen LogP contribution is -2.37. The van der Waals surface area contributed by atoms with Gasteiger partial charge >= 0.3 is 0 Å². The van der Waals surface area contributed by atoms with E-state index >= 15 is 0 Å². The second-order valence-corrected chi connectivity index (χ2v) is 7.28. The number of ether oxygens (including phenoxy) is 1. The standard InChI is InChI=1S/C19H26N4O3/c24-14-6-5-11-23(12-14)13-17-21-18(22-26-17)16-9-4-10-20-19(16)25-15-7-2-1-3-8-15/h4,9-10,14-15,24H,1-3,5-8,11-13H2/t14-/m1/s1. The topological polar surface area (TPSA) is 84.5 Å². The number of hydrogen-bond acceptors (Lipinski definition) is 7. The van der Waals surface area contributed by atoms with Crippen LogP contribution in [0.15, 0.2) is 22.9 Å². The van der Waals surface area contributed by atoms with E-state index in [1.165, 1.54) is 19.3 Å². The molecule has 1 atom stereocenters. The molecule has 0 amide bonds. The summed E-state index contributed by atoms with van der Waals surface area (Å²) in [7, 11) is 0. The second-order valence-electron chi connectivity index (χ2n) is 7.28. The molecule has 2 aromatic heterocycles. The zero-order valence-electron chi connectivity index (χ0n) is 15.0. The molecule has 140 valence electrons. The molecular weight excluding hydrogens is 332 g/mol. The lowest BCUT2D eigenvalue weighted by molar-refractivity contribution is 0.0613. The zero-order chi connectivity index (χ0) is 17.8. The number of rotatable bonds is 5. The third-order valence-corrected chi connectivity index (χ3v) is 5.15. The Labute approximate surface area is 153 Å². The Hall–Kier alpha value is -1.99. The van der Waals surface area contributed by atoms with Crippen molar-refractivity contribution in [2.24, 2.45) is 0 Å². The van der Waals surface area contributed by atoms with Crippen LogP contribution in [0.5, 0.6) is 5.88 Å². The summed E-state index contributed by atoms with van der Waals surface area (Å²) in [5, 5.41) is 13.9. The minimum absolute atomic E-state index is 0.221. The van der Waals surface area contributed by atoms with Crippen molar-refractivity contribution in [3.63, 3.8) is 0 Å². The molecule has 1 saturated carbocycles. The molecular formula is C19H26N4O3. The molecule has 2 fully saturated rings. The highest BCUT2D eigenvalue weighted by Crippen LogP contribution is 2.29. The first kappa shape index (κ1) is 17.4. The minimum Gasteiger partial charge on any atom is -0.474 e. The van der Waals surface area contributed by atoms with Gasteiger partial charge in [-0.1, -0.05) is 11.6 Å². The number of β-amino-alcohol motifs (C(OH)–C–C–N with tert-alkyl or cyclic N) is 1. The summed E-state index contributed by atoms with van der Waals surface area (Å²) in [6, 6.07) is 3.78. The molecule has 1 N–H and O–H groups in total. The zero-order valence-corrected chi connectivity index (χ0v) is 15.0. The van der Waals surface area contributed by atoms with E-state index in [9.17, 15) is 5.11 Å². The van der Waals surface area contributed by atoms with Crippen molar-refractivity contribution in [1.29, 1.82) is 0 Å². The highest BCUT2D eigenvalue weighted by molar-refractivity contribution is 5.60. The molecule has 1 aliphatic carbocycles. The van der Waals surface area contributed by atoms with Gasteiger partial charge in [0.1, 0.15) is 6.10 Å². The summed E-state index contributed by atoms with van der Waals surface area (Å²) in [4.78, 5) is 11.1. The van der Waals surface area contributed by atoms with E-state index < -0.39 is 0 Å². The first-order valence-electron chi connectivity index (χ1n) is 9.63. The number of aliphatic hydroxyl groups excluding tert-OH is 1. The van der Waals surface area contributed by atoms with Gasteiger partial charge in [-0.05, 0) is 57.2 Å². The largest absolute Gasteiger partial charge is 0.474 e. The molecule has 0 bridgehead atoms. The Bertz CT molecular complexity index is 714. The molecule has 2 aromatic rings. The molecule has 0 spiro atoms. The molecule has 3 heterocycles. The summed E-state index contributed by atoms with van der Waals surface area (Å²) in [5.41, 5.74) is 0.770. The van der Waals surface area contributed by atoms with Gasteiger partial charge in [-0.25, -0.2) is 4.98 Å². The van der Waals surface area contributed by atoms with Crippen LogP contribution in [-0.4, -0.2) is 50.4 Å². The Balaban J connectivity index is 1.46. The van der Waals surface area contributed by atoms with Crippen molar-refractivity contribution in [3.8, 4) is 17.3 Å². The van der Waals surface area contributed by atoms with Crippen LogP contribution in [0.3, 0.4) is 0 Å². The van der Waals surface area contributed by atoms with Crippen molar-refractivity contribution in [1.82, 2.24) is 20.0 Å². The quantitative estimate of drug-likeness (QED) is 0.879. The third kappa shape index (κ3) is 4.22. The fraction of sp³-hybridized carbons (Fsp3) is 0.632. The van der Waals surface area contributed by atoms with Gasteiger partial charge in [0.15, 0.2) is 0 Å². The van der Waals surface area contributed by atoms with E-state index in [1.807, 2.05) is 12.1 Å². The molecule has 7 heteroatoms. The Morgan fingerprint density at radius 3 is 2.92 bits per heavy atom. The molecule has 1 saturated heterocycles. The van der Waals surface area contributed by atoms with Gasteiger partial charge in [0.25, 0.3) is 0 Å². The van der Waals surface area contributed by atoms with E-state index in [0.29, 0.717) is 30.7 Å². The van der Waals surface area contributed by atoms with Gasteiger partial charge < -0.3 is 14.4 Å². The molecule has 26 heavy (non-hydrogen) atoms. The van der Waals surface area contributed by atoms with Crippen LogP contribution in [0.2, 0.25) is 0 Å². The molecule has 2 aliphatic rings. The lowest BCUT2D eigenvalue weighted by Gasteiger charge is -2.28. The van der Waals surface area contributed by atoms with Crippen molar-refractivity contribution >= 4 is 0 Å². The summed E-state index contributed by atoms with van der Waals surface area (Å²) >= 11 is 0. The molecule has 0 radical (unpaired) electrons. The third-order valence-electron chi connectivity index (χ3n) is 5.15. The maximum atomic E-state index is 9.80. The van der Waals surface area contributed by atoms with E-state index in [0.717, 1.165) is 37.8 Å². The minimum atomic E-state index is -0.264. The normalized spacial score (nSPS) is 22.4. The Morgan fingerprint density at radius 1 is 1.19 bits per heavy atom. The van der Waals surface area contributed by atoms with Crippen molar-refractivity contribution < 1.29 is 14.4 Å². The maximum Gasteiger partial charge on any atom is 0.241 e. The molecule has 0 unspecified atom stereocenters. The fourth-order valence-corrected chi connectivity index (χ4v) is 3.79. The van der Waals surface area contributed by atoms with E-state index in [1.54, 1.807) is 6.20 Å². The highest BCUT2D eigenvalue weighted by Gasteiger charge is 2.22. The van der Waals surface area contributed by atoms with E-state index in [4.69, 9.17) is 9.26 Å². The van der Waals surface area contributed by atoms with Crippen molar-refractivity contribution in [2.45, 2.75) is 63.7 Å². The molecule has 1 aliphatic heterocycles. The smallest absolute Gasteiger partial charge is 0.241 e. The number of nitrogens with zero attached hydrogens (tertiary/aromatic N) is 4. The van der Waals surface area contributed by atoms with Crippen LogP contribution in [0, 0.1) is 0 Å². The van der Waals surface area contributed by atoms with Crippen LogP contribution >= 0.6 is 0 Å². The van der Waals surface area contributed by atoms with E-state index in [-0.39, 0.29) is 12.2 Å². The van der Waals surface area contributed by atoms with E-state index in [2.05, 4.69) is 20.0 Å². The number of hydrogen-bond donors (Lipinski definition) is 1. The molecule has 7 nitrogen and oxygen atoms in total. The second kappa shape index (κ2) is 8.14. The number of aliphatic hydroxyl groups is 1. The first-order chi connectivity index (χ1) is 12.8. The lowest BCUT2D eigenvalue weighted by atomic mass is 9.98. The monoisotopic (exact) mass is 358 g/mol. The van der Waals surface area contributed by atoms with Gasteiger partial charge in [-0.15, -0.1) is 0 Å². The highest BCUT2D eigenvalue weighted by atomic mass is 16.5. The van der Waals surface area contributed by atoms with Gasteiger partial charge in [0.05, 0.1) is 18.2 Å². The predicted molar refractivity (Wildman–Crippen MR) is 95.5 cm³/mol. The Kier molecular flexibility index (Phi) is 5.45. The van der Waals surface area contributed by atoms with Crippen LogP contribution in [0.25, 0.3) is 11.4 Å². The first-order valence-corrected chi connectivity index (χ1v) is 9.63. The number of pyridine rings is 1. The summed E-state index contributed by atoms with van der Waals surface area (Å²) in [5.74, 6) is 1.65. The Morgan fingerprint density at radius 2 is 2.08 bits per heavy atom. The van der Waals surface area contributed by atoms with Gasteiger partial charge in [-0.3, -0.25) is 4.90 Å². The van der Waals surface area contributed by atoms with Crippen LogP contribution in [-0.2, 0) is 6.54 Å². The average Bonchev–Trinajstić information content (AvgIpc) is 3.11. The molecule has 4 rings (SSSR count). The van der Waals surface area contributed by atoms with Gasteiger partial charge in [-0.2, -0.15) is 4.98 Å². The van der Waals surface area contributed by atoms with Gasteiger partial charge in [0, 0.05) is 12.7 Å². The fourth-order valence-electron chi connectivity index (χ4n) is 3.79. The van der Waals surface area contributed by atoms with Gasteiger partial charge in [0.2, 0.25) is 17.6 Å². The van der Waals surface area contributed by atoms with Crippen molar-refractivity contribution in [3.05, 3.63) is 24.2 Å². The summed E-state index contributed by atoms with van der Waals surface area (Å²) < 4.78 is 11.6. The molecule has 0 aromatic carbocycles. The number of piperidine rings is 1. The van der Waals surface area contributed by atoms with Crippen molar-refractivity contribution in [2.75, 3.05) is 13.1 Å². The average molecular weight is 358 g/mol. The van der Waals surface area contributed by atoms with Crippen LogP contribution in [0.4, 0.5) is 0 Å². The number of aromatic nitrogens is 3.